The lowest BCUT2D eigenvalue weighted by Crippen LogP contribution is -2.46. The molecule has 2 N–H and O–H groups in total. The van der Waals surface area contributed by atoms with Crippen LogP contribution >= 0.6 is 0 Å². The summed E-state index contributed by atoms with van der Waals surface area (Å²) in [6, 6.07) is 0.856. The van der Waals surface area contributed by atoms with Gasteiger partial charge in [0.25, 0.3) is 0 Å². The van der Waals surface area contributed by atoms with Crippen LogP contribution in [0.25, 0.3) is 0 Å². The molecule has 3 nitrogen and oxygen atoms in total. The van der Waals surface area contributed by atoms with Crippen LogP contribution in [0, 0.1) is 0 Å². The van der Waals surface area contributed by atoms with Gasteiger partial charge in [-0.05, 0) is 38.5 Å². The summed E-state index contributed by atoms with van der Waals surface area (Å²) in [5, 5.41) is 13.3. The Bertz CT molecular complexity index is 221. The molecule has 2 aliphatic heterocycles. The van der Waals surface area contributed by atoms with Gasteiger partial charge in [-0.15, -0.1) is 0 Å². The van der Waals surface area contributed by atoms with Crippen LogP contribution in [-0.2, 0) is 4.74 Å². The minimum atomic E-state index is -0.117. The molecule has 14 heavy (non-hydrogen) atoms. The molecule has 0 amide bonds. The third kappa shape index (κ3) is 1.47. The third-order valence-electron chi connectivity index (χ3n) is 4.01. The highest BCUT2D eigenvalue weighted by molar-refractivity contribution is 4.97. The highest BCUT2D eigenvalue weighted by Gasteiger charge is 2.42. The number of rotatable bonds is 2. The third-order valence-corrected chi connectivity index (χ3v) is 4.01. The van der Waals surface area contributed by atoms with Crippen molar-refractivity contribution < 1.29 is 9.84 Å². The Morgan fingerprint density at radius 2 is 2.00 bits per heavy atom. The zero-order valence-corrected chi connectivity index (χ0v) is 8.48. The predicted molar refractivity (Wildman–Crippen MR) is 53.1 cm³/mol. The Labute approximate surface area is 84.8 Å². The molecule has 0 aromatic heterocycles. The second-order valence-electron chi connectivity index (χ2n) is 4.99. The molecule has 0 aromatic carbocycles. The molecule has 5 unspecified atom stereocenters. The molecular weight excluding hydrogens is 178 g/mol. The molecule has 3 heteroatoms. The van der Waals surface area contributed by atoms with E-state index in [0.717, 1.165) is 19.3 Å². The lowest BCUT2D eigenvalue weighted by atomic mass is 9.94. The van der Waals surface area contributed by atoms with Crippen LogP contribution < -0.4 is 5.32 Å². The smallest absolute Gasteiger partial charge is 0.0733 e. The molecule has 0 aromatic rings. The number of hydrogen-bond acceptors (Lipinski definition) is 3. The molecule has 3 rings (SSSR count). The first-order valence-corrected chi connectivity index (χ1v) is 5.92. The van der Waals surface area contributed by atoms with Crippen LogP contribution in [0.3, 0.4) is 0 Å². The number of nitrogens with one attached hydrogen (secondary N) is 1. The van der Waals surface area contributed by atoms with Crippen molar-refractivity contribution in [1.82, 2.24) is 5.32 Å². The normalized spacial score (nSPS) is 51.6. The summed E-state index contributed by atoms with van der Waals surface area (Å²) in [5.41, 5.74) is 0. The Kier molecular flexibility index (Phi) is 2.26. The molecule has 80 valence electrons. The predicted octanol–water partition coefficient (Wildman–Crippen LogP) is 0.809. The van der Waals surface area contributed by atoms with E-state index in [2.05, 4.69) is 5.32 Å². The average molecular weight is 197 g/mol. The van der Waals surface area contributed by atoms with E-state index in [-0.39, 0.29) is 6.10 Å². The Balaban J connectivity index is 1.57. The molecule has 0 spiro atoms. The first-order chi connectivity index (χ1) is 6.83. The summed E-state index contributed by atoms with van der Waals surface area (Å²) < 4.78 is 5.79. The van der Waals surface area contributed by atoms with Crippen LogP contribution in [0.1, 0.15) is 38.5 Å². The maximum Gasteiger partial charge on any atom is 0.0733 e. The summed E-state index contributed by atoms with van der Waals surface area (Å²) in [6.07, 6.45) is 7.72. The van der Waals surface area contributed by atoms with E-state index in [1.165, 1.54) is 19.3 Å². The second-order valence-corrected chi connectivity index (χ2v) is 4.99. The standard InChI is InChI=1S/C11H19NO2/c13-10-3-1-2-8(10)12-9-6-7-4-5-11(9)14-7/h7-13H,1-6H2. The monoisotopic (exact) mass is 197 g/mol. The highest BCUT2D eigenvalue weighted by Crippen LogP contribution is 2.35. The Morgan fingerprint density at radius 1 is 1.07 bits per heavy atom. The fourth-order valence-corrected chi connectivity index (χ4v) is 3.22. The Hall–Kier alpha value is -0.120. The van der Waals surface area contributed by atoms with Crippen molar-refractivity contribution >= 4 is 0 Å². The number of fused-ring (bicyclic) bond motifs is 2. The fourth-order valence-electron chi connectivity index (χ4n) is 3.22. The molecule has 1 aliphatic carbocycles. The first kappa shape index (κ1) is 9.13. The summed E-state index contributed by atoms with van der Waals surface area (Å²) in [4.78, 5) is 0. The number of hydrogen-bond donors (Lipinski definition) is 2. The van der Waals surface area contributed by atoms with Crippen molar-refractivity contribution in [2.75, 3.05) is 0 Å². The van der Waals surface area contributed by atoms with Crippen molar-refractivity contribution in [2.45, 2.75) is 68.9 Å². The molecule has 5 atom stereocenters. The van der Waals surface area contributed by atoms with Gasteiger partial charge in [-0.2, -0.15) is 0 Å². The molecule has 2 heterocycles. The van der Waals surface area contributed by atoms with Crippen LogP contribution in [0.15, 0.2) is 0 Å². The SMILES string of the molecule is OC1CCCC1NC1CC2CCC1O2. The van der Waals surface area contributed by atoms with E-state index in [4.69, 9.17) is 4.74 Å². The van der Waals surface area contributed by atoms with Gasteiger partial charge in [0.05, 0.1) is 18.3 Å². The van der Waals surface area contributed by atoms with Gasteiger partial charge in [-0.3, -0.25) is 0 Å². The average Bonchev–Trinajstić information content (AvgIpc) is 2.83. The van der Waals surface area contributed by atoms with E-state index >= 15 is 0 Å². The van der Waals surface area contributed by atoms with Crippen molar-refractivity contribution in [3.05, 3.63) is 0 Å². The maximum atomic E-state index is 9.72. The summed E-state index contributed by atoms with van der Waals surface area (Å²) in [7, 11) is 0. The zero-order chi connectivity index (χ0) is 9.54. The fraction of sp³-hybridized carbons (Fsp3) is 1.00. The minimum absolute atomic E-state index is 0.117. The lowest BCUT2D eigenvalue weighted by molar-refractivity contribution is 0.0894. The minimum Gasteiger partial charge on any atom is -0.392 e. The van der Waals surface area contributed by atoms with Crippen molar-refractivity contribution in [2.24, 2.45) is 0 Å². The van der Waals surface area contributed by atoms with Gasteiger partial charge in [0.1, 0.15) is 0 Å². The Morgan fingerprint density at radius 3 is 2.57 bits per heavy atom. The van der Waals surface area contributed by atoms with E-state index in [1.54, 1.807) is 0 Å². The molecule has 2 saturated heterocycles. The van der Waals surface area contributed by atoms with E-state index in [1.807, 2.05) is 0 Å². The molecule has 2 bridgehead atoms. The van der Waals surface area contributed by atoms with Gasteiger partial charge in [0.2, 0.25) is 0 Å². The lowest BCUT2D eigenvalue weighted by Gasteiger charge is -2.26. The summed E-state index contributed by atoms with van der Waals surface area (Å²) in [6.45, 7) is 0. The van der Waals surface area contributed by atoms with Crippen LogP contribution in [0.5, 0.6) is 0 Å². The van der Waals surface area contributed by atoms with Gasteiger partial charge in [0, 0.05) is 12.1 Å². The quantitative estimate of drug-likeness (QED) is 0.688. The van der Waals surface area contributed by atoms with E-state index < -0.39 is 0 Å². The van der Waals surface area contributed by atoms with E-state index in [9.17, 15) is 5.11 Å². The van der Waals surface area contributed by atoms with Crippen molar-refractivity contribution in [1.29, 1.82) is 0 Å². The van der Waals surface area contributed by atoms with E-state index in [0.29, 0.717) is 24.3 Å². The maximum absolute atomic E-state index is 9.72. The number of aliphatic hydroxyl groups is 1. The van der Waals surface area contributed by atoms with Gasteiger partial charge in [-0.25, -0.2) is 0 Å². The van der Waals surface area contributed by atoms with Gasteiger partial charge < -0.3 is 15.2 Å². The number of ether oxygens (including phenoxy) is 1. The van der Waals surface area contributed by atoms with Gasteiger partial charge in [0.15, 0.2) is 0 Å². The van der Waals surface area contributed by atoms with Crippen LogP contribution in [0.2, 0.25) is 0 Å². The first-order valence-electron chi connectivity index (χ1n) is 5.92. The molecular formula is C11H19NO2. The van der Waals surface area contributed by atoms with Gasteiger partial charge in [-0.1, -0.05) is 0 Å². The second kappa shape index (κ2) is 3.47. The van der Waals surface area contributed by atoms with Crippen LogP contribution in [-0.4, -0.2) is 35.5 Å². The summed E-state index contributed by atoms with van der Waals surface area (Å²) >= 11 is 0. The molecule has 1 saturated carbocycles. The summed E-state index contributed by atoms with van der Waals surface area (Å²) in [5.74, 6) is 0. The van der Waals surface area contributed by atoms with Crippen molar-refractivity contribution in [3.8, 4) is 0 Å². The number of aliphatic hydroxyl groups excluding tert-OH is 1. The molecule has 3 fully saturated rings. The molecule has 3 aliphatic rings. The largest absolute Gasteiger partial charge is 0.392 e. The topological polar surface area (TPSA) is 41.5 Å². The molecule has 0 radical (unpaired) electrons. The van der Waals surface area contributed by atoms with Gasteiger partial charge >= 0.3 is 0 Å². The zero-order valence-electron chi connectivity index (χ0n) is 8.48. The highest BCUT2D eigenvalue weighted by atomic mass is 16.5. The van der Waals surface area contributed by atoms with Crippen molar-refractivity contribution in [3.63, 3.8) is 0 Å². The van der Waals surface area contributed by atoms with Crippen LogP contribution in [0.4, 0.5) is 0 Å².